The molecule has 0 aromatic carbocycles. The van der Waals surface area contributed by atoms with Crippen molar-refractivity contribution in [1.82, 2.24) is 19.9 Å². The van der Waals surface area contributed by atoms with Gasteiger partial charge in [-0.25, -0.2) is 0 Å². The largest absolute Gasteiger partial charge is 0.376 e. The van der Waals surface area contributed by atoms with E-state index in [1.807, 2.05) is 0 Å². The van der Waals surface area contributed by atoms with Crippen LogP contribution in [0.5, 0.6) is 0 Å². The second-order valence-electron chi connectivity index (χ2n) is 6.45. The zero-order chi connectivity index (χ0) is 17.2. The molecular weight excluding hydrogens is 342 g/mol. The van der Waals surface area contributed by atoms with Crippen LogP contribution in [0.2, 0.25) is 0 Å². The van der Waals surface area contributed by atoms with E-state index in [1.165, 1.54) is 28.3 Å². The van der Waals surface area contributed by atoms with Crippen LogP contribution in [0.25, 0.3) is 4.96 Å². The van der Waals surface area contributed by atoms with Crippen molar-refractivity contribution in [2.75, 3.05) is 31.1 Å². The predicted octanol–water partition coefficient (Wildman–Crippen LogP) is 1.05. The van der Waals surface area contributed by atoms with Gasteiger partial charge < -0.3 is 15.0 Å². The standard InChI is InChI=1S/C16H21N5O3S/c22-13-9-12(14(23)17-10-11-5-4-8-24-11)21-15(18-13)25-16(19-21)20-6-2-1-3-7-20/h9,11H,1-8,10H2,(H,17,23). The Kier molecular flexibility index (Phi) is 4.67. The number of anilines is 1. The maximum absolute atomic E-state index is 12.5. The molecular formula is C16H21N5O3S. The Balaban J connectivity index is 1.59. The highest BCUT2D eigenvalue weighted by atomic mass is 32.1. The smallest absolute Gasteiger partial charge is 0.274 e. The van der Waals surface area contributed by atoms with Crippen molar-refractivity contribution in [3.63, 3.8) is 0 Å². The molecule has 1 unspecified atom stereocenters. The molecule has 134 valence electrons. The van der Waals surface area contributed by atoms with Crippen molar-refractivity contribution in [2.45, 2.75) is 38.2 Å². The monoisotopic (exact) mass is 363 g/mol. The molecule has 2 aliphatic rings. The summed E-state index contributed by atoms with van der Waals surface area (Å²) in [5, 5.41) is 8.21. The summed E-state index contributed by atoms with van der Waals surface area (Å²) in [6, 6.07) is 1.25. The molecule has 1 N–H and O–H groups in total. The molecule has 0 bridgehead atoms. The Bertz CT molecular complexity index is 821. The first kappa shape index (κ1) is 16.5. The summed E-state index contributed by atoms with van der Waals surface area (Å²) in [7, 11) is 0. The number of carbonyl (C=O) groups is 1. The minimum absolute atomic E-state index is 0.0531. The quantitative estimate of drug-likeness (QED) is 0.873. The predicted molar refractivity (Wildman–Crippen MR) is 94.5 cm³/mol. The third kappa shape index (κ3) is 3.52. The molecule has 8 nitrogen and oxygen atoms in total. The highest BCUT2D eigenvalue weighted by molar-refractivity contribution is 7.20. The van der Waals surface area contributed by atoms with Crippen LogP contribution in [0.15, 0.2) is 10.9 Å². The summed E-state index contributed by atoms with van der Waals surface area (Å²) in [6.45, 7) is 3.08. The Morgan fingerprint density at radius 1 is 1.32 bits per heavy atom. The molecule has 2 fully saturated rings. The van der Waals surface area contributed by atoms with Crippen molar-refractivity contribution in [3.8, 4) is 0 Å². The van der Waals surface area contributed by atoms with Crippen LogP contribution in [0.1, 0.15) is 42.6 Å². The minimum atomic E-state index is -0.420. The van der Waals surface area contributed by atoms with Crippen LogP contribution >= 0.6 is 11.3 Å². The molecule has 0 spiro atoms. The van der Waals surface area contributed by atoms with Crippen LogP contribution in [0, 0.1) is 0 Å². The molecule has 0 saturated carbocycles. The lowest BCUT2D eigenvalue weighted by Crippen LogP contribution is -2.34. The fraction of sp³-hybridized carbons (Fsp3) is 0.625. The van der Waals surface area contributed by atoms with Crippen LogP contribution in [-0.4, -0.2) is 52.9 Å². The fourth-order valence-corrected chi connectivity index (χ4v) is 4.24. The van der Waals surface area contributed by atoms with E-state index >= 15 is 0 Å². The maximum Gasteiger partial charge on any atom is 0.274 e. The average molecular weight is 363 g/mol. The third-order valence-corrected chi connectivity index (χ3v) is 5.59. The molecule has 4 heterocycles. The van der Waals surface area contributed by atoms with Gasteiger partial charge in [0, 0.05) is 32.3 Å². The van der Waals surface area contributed by atoms with E-state index < -0.39 is 5.56 Å². The van der Waals surface area contributed by atoms with Gasteiger partial charge in [-0.1, -0.05) is 11.3 Å². The van der Waals surface area contributed by atoms with Gasteiger partial charge in [-0.15, -0.1) is 5.10 Å². The second kappa shape index (κ2) is 7.09. The van der Waals surface area contributed by atoms with Gasteiger partial charge in [0.25, 0.3) is 11.5 Å². The van der Waals surface area contributed by atoms with E-state index in [2.05, 4.69) is 20.3 Å². The zero-order valence-corrected chi connectivity index (χ0v) is 14.8. The van der Waals surface area contributed by atoms with Crippen molar-refractivity contribution >= 4 is 27.3 Å². The number of rotatable bonds is 4. The van der Waals surface area contributed by atoms with E-state index in [1.54, 1.807) is 0 Å². The van der Waals surface area contributed by atoms with Crippen LogP contribution in [0.4, 0.5) is 5.13 Å². The summed E-state index contributed by atoms with van der Waals surface area (Å²) in [5.74, 6) is -0.319. The lowest BCUT2D eigenvalue weighted by molar-refractivity contribution is 0.0851. The van der Waals surface area contributed by atoms with Gasteiger partial charge in [-0.05, 0) is 32.1 Å². The Labute approximate surface area is 148 Å². The van der Waals surface area contributed by atoms with Gasteiger partial charge >= 0.3 is 0 Å². The number of nitrogens with one attached hydrogen (secondary N) is 1. The number of hydrogen-bond donors (Lipinski definition) is 1. The first-order valence-electron chi connectivity index (χ1n) is 8.76. The highest BCUT2D eigenvalue weighted by Gasteiger charge is 2.21. The number of carbonyl (C=O) groups excluding carboxylic acids is 1. The summed E-state index contributed by atoms with van der Waals surface area (Å²) in [6.07, 6.45) is 5.52. The Morgan fingerprint density at radius 2 is 2.16 bits per heavy atom. The number of amides is 1. The summed E-state index contributed by atoms with van der Waals surface area (Å²) < 4.78 is 7.00. The molecule has 1 atom stereocenters. The number of piperidine rings is 1. The van der Waals surface area contributed by atoms with Gasteiger partial charge in [0.05, 0.1) is 6.10 Å². The first-order chi connectivity index (χ1) is 12.2. The normalized spacial score (nSPS) is 21.0. The number of fused-ring (bicyclic) bond motifs is 1. The lowest BCUT2D eigenvalue weighted by Gasteiger charge is -2.25. The first-order valence-corrected chi connectivity index (χ1v) is 9.58. The van der Waals surface area contributed by atoms with E-state index in [9.17, 15) is 9.59 Å². The van der Waals surface area contributed by atoms with Crippen molar-refractivity contribution in [3.05, 3.63) is 22.1 Å². The Hall–Kier alpha value is -2.00. The Morgan fingerprint density at radius 3 is 2.92 bits per heavy atom. The number of aromatic nitrogens is 3. The SMILES string of the molecule is O=C(NCC1CCCO1)c1cc(=O)nc2sc(N3CCCCC3)nn12. The van der Waals surface area contributed by atoms with E-state index in [4.69, 9.17) is 4.74 Å². The van der Waals surface area contributed by atoms with Crippen LogP contribution in [-0.2, 0) is 4.74 Å². The van der Waals surface area contributed by atoms with E-state index in [0.717, 1.165) is 50.5 Å². The molecule has 2 aliphatic heterocycles. The molecule has 9 heteroatoms. The van der Waals surface area contributed by atoms with Gasteiger partial charge in [0.1, 0.15) is 5.69 Å². The molecule has 2 saturated heterocycles. The van der Waals surface area contributed by atoms with Gasteiger partial charge in [-0.2, -0.15) is 9.50 Å². The van der Waals surface area contributed by atoms with Gasteiger partial charge in [0.2, 0.25) is 10.1 Å². The van der Waals surface area contributed by atoms with Crippen molar-refractivity contribution < 1.29 is 9.53 Å². The topological polar surface area (TPSA) is 88.8 Å². The van der Waals surface area contributed by atoms with Crippen LogP contribution in [0.3, 0.4) is 0 Å². The van der Waals surface area contributed by atoms with Gasteiger partial charge in [0.15, 0.2) is 0 Å². The van der Waals surface area contributed by atoms with Crippen molar-refractivity contribution in [2.24, 2.45) is 0 Å². The van der Waals surface area contributed by atoms with Crippen molar-refractivity contribution in [1.29, 1.82) is 0 Å². The summed E-state index contributed by atoms with van der Waals surface area (Å²) in [4.78, 5) is 31.1. The molecule has 4 rings (SSSR count). The third-order valence-electron chi connectivity index (χ3n) is 4.62. The number of hydrogen-bond acceptors (Lipinski definition) is 7. The molecule has 0 radical (unpaired) electrons. The highest BCUT2D eigenvalue weighted by Crippen LogP contribution is 2.25. The summed E-state index contributed by atoms with van der Waals surface area (Å²) >= 11 is 1.35. The number of nitrogens with zero attached hydrogens (tertiary/aromatic N) is 4. The maximum atomic E-state index is 12.5. The van der Waals surface area contributed by atoms with Gasteiger partial charge in [-0.3, -0.25) is 9.59 Å². The number of ether oxygens (including phenoxy) is 1. The molecule has 0 aliphatic carbocycles. The van der Waals surface area contributed by atoms with Crippen LogP contribution < -0.4 is 15.8 Å². The fourth-order valence-electron chi connectivity index (χ4n) is 3.28. The second-order valence-corrected chi connectivity index (χ2v) is 7.39. The van der Waals surface area contributed by atoms with E-state index in [-0.39, 0.29) is 17.7 Å². The molecule has 2 aromatic heterocycles. The average Bonchev–Trinajstić information content (AvgIpc) is 3.29. The zero-order valence-electron chi connectivity index (χ0n) is 13.9. The molecule has 1 amide bonds. The summed E-state index contributed by atoms with van der Waals surface area (Å²) in [5.41, 5.74) is -0.191. The molecule has 2 aromatic rings. The van der Waals surface area contributed by atoms with E-state index in [0.29, 0.717) is 11.5 Å². The molecule has 25 heavy (non-hydrogen) atoms. The minimum Gasteiger partial charge on any atom is -0.376 e. The lowest BCUT2D eigenvalue weighted by atomic mass is 10.1.